The summed E-state index contributed by atoms with van der Waals surface area (Å²) in [5, 5.41) is 2.82. The molecule has 1 atom stereocenters. The van der Waals surface area contributed by atoms with E-state index in [1.54, 1.807) is 6.07 Å². The summed E-state index contributed by atoms with van der Waals surface area (Å²) < 4.78 is 24.0. The number of benzene rings is 1. The Kier molecular flexibility index (Phi) is 4.73. The summed E-state index contributed by atoms with van der Waals surface area (Å²) in [5.41, 5.74) is 0.615. The Bertz CT molecular complexity index is 720. The average Bonchev–Trinajstić information content (AvgIpc) is 3.02. The van der Waals surface area contributed by atoms with E-state index >= 15 is 0 Å². The lowest BCUT2D eigenvalue weighted by molar-refractivity contribution is 0.102. The lowest BCUT2D eigenvalue weighted by Gasteiger charge is -2.12. The highest BCUT2D eigenvalue weighted by Gasteiger charge is 2.20. The quantitative estimate of drug-likeness (QED) is 0.930. The maximum Gasteiger partial charge on any atom is 0.257 e. The maximum atomic E-state index is 13.1. The third-order valence-corrected chi connectivity index (χ3v) is 3.59. The summed E-state index contributed by atoms with van der Waals surface area (Å²) in [6.45, 7) is 1.15. The van der Waals surface area contributed by atoms with Crippen LogP contribution in [-0.2, 0) is 4.74 Å². The molecule has 5 nitrogen and oxygen atoms in total. The lowest BCUT2D eigenvalue weighted by Crippen LogP contribution is -2.17. The van der Waals surface area contributed by atoms with Gasteiger partial charge in [-0.25, -0.2) is 9.37 Å². The minimum Gasteiger partial charge on any atom is -0.471 e. The molecule has 0 bridgehead atoms. The van der Waals surface area contributed by atoms with E-state index in [0.29, 0.717) is 18.9 Å². The van der Waals surface area contributed by atoms with Crippen LogP contribution in [0.25, 0.3) is 0 Å². The van der Waals surface area contributed by atoms with Gasteiger partial charge in [0.05, 0.1) is 18.8 Å². The molecule has 0 aliphatic carbocycles. The number of hydrogen-bond acceptors (Lipinski definition) is 4. The number of amides is 1. The van der Waals surface area contributed by atoms with Crippen molar-refractivity contribution in [3.05, 3.63) is 52.9 Å². The van der Waals surface area contributed by atoms with E-state index < -0.39 is 11.7 Å². The molecule has 1 saturated heterocycles. The number of halogens is 2. The fourth-order valence-electron chi connectivity index (χ4n) is 2.17. The van der Waals surface area contributed by atoms with Gasteiger partial charge in [0.2, 0.25) is 5.88 Å². The molecule has 1 aliphatic rings. The van der Waals surface area contributed by atoms with Gasteiger partial charge in [0, 0.05) is 18.3 Å². The Morgan fingerprint density at radius 1 is 1.43 bits per heavy atom. The first-order chi connectivity index (χ1) is 11.1. The summed E-state index contributed by atoms with van der Waals surface area (Å²) in [5.74, 6) is -0.591. The zero-order chi connectivity index (χ0) is 16.2. The van der Waals surface area contributed by atoms with Crippen molar-refractivity contribution in [1.29, 1.82) is 0 Å². The highest BCUT2D eigenvalue weighted by molar-refractivity contribution is 6.32. The van der Waals surface area contributed by atoms with Crippen LogP contribution >= 0.6 is 11.6 Å². The average molecular weight is 337 g/mol. The number of carbonyl (C=O) groups is 1. The van der Waals surface area contributed by atoms with Crippen molar-refractivity contribution in [2.75, 3.05) is 18.5 Å². The van der Waals surface area contributed by atoms with Gasteiger partial charge in [-0.05, 0) is 24.3 Å². The number of anilines is 1. The first kappa shape index (κ1) is 15.7. The van der Waals surface area contributed by atoms with Crippen LogP contribution in [0.4, 0.5) is 10.1 Å². The highest BCUT2D eigenvalue weighted by atomic mass is 35.5. The fraction of sp³-hybridized carbons (Fsp3) is 0.250. The molecule has 1 aromatic carbocycles. The predicted molar refractivity (Wildman–Crippen MR) is 83.5 cm³/mol. The van der Waals surface area contributed by atoms with E-state index in [0.717, 1.165) is 6.42 Å². The molecular weight excluding hydrogens is 323 g/mol. The van der Waals surface area contributed by atoms with E-state index in [9.17, 15) is 9.18 Å². The topological polar surface area (TPSA) is 60.5 Å². The molecular formula is C16H14ClFN2O3. The Morgan fingerprint density at radius 2 is 2.30 bits per heavy atom. The van der Waals surface area contributed by atoms with E-state index in [1.165, 1.54) is 30.5 Å². The van der Waals surface area contributed by atoms with E-state index in [1.807, 2.05) is 0 Å². The molecule has 7 heteroatoms. The summed E-state index contributed by atoms with van der Waals surface area (Å²) in [6, 6.07) is 7.09. The molecule has 2 aromatic rings. The van der Waals surface area contributed by atoms with Crippen LogP contribution in [0.15, 0.2) is 36.5 Å². The lowest BCUT2D eigenvalue weighted by atomic mass is 10.2. The number of carbonyl (C=O) groups excluding carboxylic acids is 1. The van der Waals surface area contributed by atoms with Gasteiger partial charge in [-0.3, -0.25) is 4.79 Å². The van der Waals surface area contributed by atoms with Gasteiger partial charge < -0.3 is 14.8 Å². The number of nitrogens with zero attached hydrogens (tertiary/aromatic N) is 1. The molecule has 1 amide bonds. The third kappa shape index (κ3) is 3.97. The Labute approximate surface area is 137 Å². The van der Waals surface area contributed by atoms with Crippen LogP contribution in [0.3, 0.4) is 0 Å². The maximum absolute atomic E-state index is 13.1. The van der Waals surface area contributed by atoms with Crippen molar-refractivity contribution in [3.63, 3.8) is 0 Å². The molecule has 120 valence electrons. The minimum absolute atomic E-state index is 0.0769. The smallest absolute Gasteiger partial charge is 0.257 e. The van der Waals surface area contributed by atoms with Gasteiger partial charge in [-0.1, -0.05) is 17.7 Å². The van der Waals surface area contributed by atoms with E-state index in [-0.39, 0.29) is 22.6 Å². The molecule has 23 heavy (non-hydrogen) atoms. The number of nitrogens with one attached hydrogen (secondary N) is 1. The molecule has 1 unspecified atom stereocenters. The Morgan fingerprint density at radius 3 is 3.00 bits per heavy atom. The minimum atomic E-state index is -0.430. The van der Waals surface area contributed by atoms with Crippen LogP contribution < -0.4 is 10.1 Å². The SMILES string of the molecule is O=C(Nc1cccc(F)c1)c1cnc(OC2CCOC2)c(Cl)c1. The Hall–Kier alpha value is -2.18. The first-order valence-electron chi connectivity index (χ1n) is 7.08. The number of ether oxygens (including phenoxy) is 2. The molecule has 0 spiro atoms. The zero-order valence-electron chi connectivity index (χ0n) is 12.1. The molecule has 1 fully saturated rings. The molecule has 1 N–H and O–H groups in total. The van der Waals surface area contributed by atoms with Crippen molar-refractivity contribution in [2.45, 2.75) is 12.5 Å². The van der Waals surface area contributed by atoms with Crippen molar-refractivity contribution < 1.29 is 18.7 Å². The summed E-state index contributed by atoms with van der Waals surface area (Å²) in [4.78, 5) is 16.2. The molecule has 3 rings (SSSR count). The van der Waals surface area contributed by atoms with Crippen LogP contribution in [0.1, 0.15) is 16.8 Å². The van der Waals surface area contributed by atoms with Gasteiger partial charge in [0.15, 0.2) is 0 Å². The normalized spacial score (nSPS) is 17.0. The third-order valence-electron chi connectivity index (χ3n) is 3.32. The molecule has 2 heterocycles. The van der Waals surface area contributed by atoms with Crippen LogP contribution in [0, 0.1) is 5.82 Å². The van der Waals surface area contributed by atoms with Gasteiger partial charge in [-0.2, -0.15) is 0 Å². The summed E-state index contributed by atoms with van der Waals surface area (Å²) in [7, 11) is 0. The zero-order valence-corrected chi connectivity index (χ0v) is 12.8. The fourth-order valence-corrected chi connectivity index (χ4v) is 2.38. The molecule has 0 saturated carbocycles. The van der Waals surface area contributed by atoms with Gasteiger partial charge in [0.1, 0.15) is 16.9 Å². The molecule has 1 aromatic heterocycles. The highest BCUT2D eigenvalue weighted by Crippen LogP contribution is 2.25. The molecule has 1 aliphatic heterocycles. The van der Waals surface area contributed by atoms with Gasteiger partial charge >= 0.3 is 0 Å². The molecule has 0 radical (unpaired) electrons. The van der Waals surface area contributed by atoms with Crippen molar-refractivity contribution in [3.8, 4) is 5.88 Å². The van der Waals surface area contributed by atoms with Crippen molar-refractivity contribution in [1.82, 2.24) is 4.98 Å². The number of hydrogen-bond donors (Lipinski definition) is 1. The standard InChI is InChI=1S/C16H14ClFN2O3/c17-14-6-10(8-19-16(14)23-13-4-5-22-9-13)15(21)20-12-3-1-2-11(18)7-12/h1-3,6-8,13H,4-5,9H2,(H,20,21). The second-order valence-electron chi connectivity index (χ2n) is 5.08. The van der Waals surface area contributed by atoms with Crippen molar-refractivity contribution in [2.24, 2.45) is 0 Å². The second kappa shape index (κ2) is 6.93. The van der Waals surface area contributed by atoms with E-state index in [4.69, 9.17) is 21.1 Å². The summed E-state index contributed by atoms with van der Waals surface area (Å²) >= 11 is 6.11. The van der Waals surface area contributed by atoms with Gasteiger partial charge in [0.25, 0.3) is 5.91 Å². The van der Waals surface area contributed by atoms with Crippen LogP contribution in [0.2, 0.25) is 5.02 Å². The number of rotatable bonds is 4. The van der Waals surface area contributed by atoms with Crippen LogP contribution in [0.5, 0.6) is 5.88 Å². The van der Waals surface area contributed by atoms with Gasteiger partial charge in [-0.15, -0.1) is 0 Å². The number of pyridine rings is 1. The second-order valence-corrected chi connectivity index (χ2v) is 5.49. The van der Waals surface area contributed by atoms with E-state index in [2.05, 4.69) is 10.3 Å². The summed E-state index contributed by atoms with van der Waals surface area (Å²) in [6.07, 6.45) is 2.07. The number of aromatic nitrogens is 1. The van der Waals surface area contributed by atoms with Crippen LogP contribution in [-0.4, -0.2) is 30.2 Å². The predicted octanol–water partition coefficient (Wildman–Crippen LogP) is 3.29. The monoisotopic (exact) mass is 336 g/mol. The Balaban J connectivity index is 1.70. The first-order valence-corrected chi connectivity index (χ1v) is 7.46. The largest absolute Gasteiger partial charge is 0.471 e. The van der Waals surface area contributed by atoms with Crippen molar-refractivity contribution >= 4 is 23.2 Å².